The van der Waals surface area contributed by atoms with Crippen molar-refractivity contribution >= 4 is 22.5 Å². The summed E-state index contributed by atoms with van der Waals surface area (Å²) < 4.78 is 0. The molecule has 0 bridgehead atoms. The first kappa shape index (κ1) is 9.45. The van der Waals surface area contributed by atoms with E-state index < -0.39 is 0 Å². The molecule has 0 aliphatic carbocycles. The van der Waals surface area contributed by atoms with Crippen LogP contribution < -0.4 is 5.32 Å². The van der Waals surface area contributed by atoms with Gasteiger partial charge >= 0.3 is 0 Å². The molecule has 0 radical (unpaired) electrons. The molecule has 2 N–H and O–H groups in total. The van der Waals surface area contributed by atoms with Gasteiger partial charge in [-0.25, -0.2) is 0 Å². The normalized spacial score (nSPS) is 10.2. The van der Waals surface area contributed by atoms with E-state index in [-0.39, 0.29) is 11.7 Å². The zero-order valence-corrected chi connectivity index (χ0v) is 8.19. The van der Waals surface area contributed by atoms with Gasteiger partial charge in [-0.05, 0) is 12.1 Å². The Morgan fingerprint density at radius 2 is 2.27 bits per heavy atom. The Balaban J connectivity index is 2.65. The Hall–Kier alpha value is -2.10. The summed E-state index contributed by atoms with van der Waals surface area (Å²) in [6, 6.07) is 6.69. The third-order valence-electron chi connectivity index (χ3n) is 2.00. The summed E-state index contributed by atoms with van der Waals surface area (Å²) in [5.41, 5.74) is 1.20. The fourth-order valence-electron chi connectivity index (χ4n) is 1.46. The van der Waals surface area contributed by atoms with Gasteiger partial charge in [0, 0.05) is 24.6 Å². The number of anilines is 1. The van der Waals surface area contributed by atoms with Crippen molar-refractivity contribution < 1.29 is 9.90 Å². The van der Waals surface area contributed by atoms with Gasteiger partial charge in [0.2, 0.25) is 5.91 Å². The molecular formula is C11H10N2O2. The van der Waals surface area contributed by atoms with Crippen LogP contribution >= 0.6 is 0 Å². The van der Waals surface area contributed by atoms with E-state index in [2.05, 4.69) is 10.3 Å². The Labute approximate surface area is 86.6 Å². The van der Waals surface area contributed by atoms with E-state index in [1.807, 2.05) is 6.07 Å². The third-order valence-corrected chi connectivity index (χ3v) is 2.00. The van der Waals surface area contributed by atoms with Crippen LogP contribution in [0.4, 0.5) is 5.69 Å². The molecule has 2 rings (SSSR count). The second-order valence-corrected chi connectivity index (χ2v) is 3.25. The van der Waals surface area contributed by atoms with Crippen LogP contribution in [0.2, 0.25) is 0 Å². The zero-order chi connectivity index (χ0) is 10.8. The average molecular weight is 202 g/mol. The number of phenolic OH excluding ortho intramolecular Hbond substituents is 1. The smallest absolute Gasteiger partial charge is 0.221 e. The number of rotatable bonds is 1. The Bertz CT molecular complexity index is 523. The number of nitrogens with zero attached hydrogens (tertiary/aromatic N) is 1. The number of nitrogens with one attached hydrogen (secondary N) is 1. The number of amides is 1. The van der Waals surface area contributed by atoms with E-state index in [1.54, 1.807) is 18.3 Å². The Morgan fingerprint density at radius 3 is 3.00 bits per heavy atom. The minimum absolute atomic E-state index is 0.110. The van der Waals surface area contributed by atoms with Crippen LogP contribution in [0.5, 0.6) is 5.75 Å². The Morgan fingerprint density at radius 1 is 1.47 bits per heavy atom. The molecular weight excluding hydrogens is 192 g/mol. The maximum atomic E-state index is 10.9. The molecule has 0 aliphatic rings. The summed E-state index contributed by atoms with van der Waals surface area (Å²) in [4.78, 5) is 15.1. The lowest BCUT2D eigenvalue weighted by molar-refractivity contribution is -0.114. The van der Waals surface area contributed by atoms with Crippen LogP contribution in [-0.2, 0) is 4.79 Å². The van der Waals surface area contributed by atoms with Crippen molar-refractivity contribution in [2.24, 2.45) is 0 Å². The summed E-state index contributed by atoms with van der Waals surface area (Å²) >= 11 is 0. The van der Waals surface area contributed by atoms with Crippen molar-refractivity contribution in [1.29, 1.82) is 0 Å². The number of aromatic hydroxyl groups is 1. The molecule has 0 fully saturated rings. The molecule has 0 saturated carbocycles. The molecule has 0 aliphatic heterocycles. The lowest BCUT2D eigenvalue weighted by Crippen LogP contribution is -2.06. The molecule has 15 heavy (non-hydrogen) atoms. The van der Waals surface area contributed by atoms with E-state index in [0.717, 1.165) is 5.39 Å². The van der Waals surface area contributed by atoms with Gasteiger partial charge in [0.05, 0.1) is 11.2 Å². The predicted octanol–water partition coefficient (Wildman–Crippen LogP) is 1.90. The summed E-state index contributed by atoms with van der Waals surface area (Å²) in [5, 5.41) is 12.9. The van der Waals surface area contributed by atoms with Crippen molar-refractivity contribution in [3.63, 3.8) is 0 Å². The summed E-state index contributed by atoms with van der Waals surface area (Å²) in [5.74, 6) is -0.0770. The quantitative estimate of drug-likeness (QED) is 0.742. The second-order valence-electron chi connectivity index (χ2n) is 3.25. The number of hydrogen-bond acceptors (Lipinski definition) is 3. The van der Waals surface area contributed by atoms with E-state index in [9.17, 15) is 9.90 Å². The van der Waals surface area contributed by atoms with E-state index in [4.69, 9.17) is 0 Å². The highest BCUT2D eigenvalue weighted by Gasteiger charge is 2.05. The minimum atomic E-state index is -0.187. The van der Waals surface area contributed by atoms with Crippen LogP contribution in [0.15, 0.2) is 30.5 Å². The first-order chi connectivity index (χ1) is 7.16. The number of benzene rings is 1. The van der Waals surface area contributed by atoms with Gasteiger partial charge in [-0.15, -0.1) is 0 Å². The van der Waals surface area contributed by atoms with Crippen molar-refractivity contribution in [3.05, 3.63) is 30.5 Å². The van der Waals surface area contributed by atoms with Crippen LogP contribution in [-0.4, -0.2) is 16.0 Å². The van der Waals surface area contributed by atoms with Gasteiger partial charge in [0.15, 0.2) is 0 Å². The molecule has 1 aromatic heterocycles. The standard InChI is InChI=1S/C11H10N2O2/c1-7(14)13-10-6-9(15)5-8-3-2-4-12-11(8)10/h2-6,15H,1H3,(H,13,14). The summed E-state index contributed by atoms with van der Waals surface area (Å²) in [6.45, 7) is 1.42. The SMILES string of the molecule is CC(=O)Nc1cc(O)cc2cccnc12. The molecule has 4 nitrogen and oxygen atoms in total. The average Bonchev–Trinajstić information content (AvgIpc) is 2.16. The van der Waals surface area contributed by atoms with Crippen molar-refractivity contribution in [3.8, 4) is 5.75 Å². The maximum Gasteiger partial charge on any atom is 0.221 e. The van der Waals surface area contributed by atoms with Gasteiger partial charge in [-0.3, -0.25) is 9.78 Å². The molecule has 0 atom stereocenters. The lowest BCUT2D eigenvalue weighted by atomic mass is 10.2. The van der Waals surface area contributed by atoms with Gasteiger partial charge in [-0.1, -0.05) is 6.07 Å². The number of carbonyl (C=O) groups excluding carboxylic acids is 1. The minimum Gasteiger partial charge on any atom is -0.508 e. The molecule has 0 saturated heterocycles. The maximum absolute atomic E-state index is 10.9. The van der Waals surface area contributed by atoms with E-state index in [1.165, 1.54) is 13.0 Å². The van der Waals surface area contributed by atoms with Crippen LogP contribution in [0, 0.1) is 0 Å². The van der Waals surface area contributed by atoms with Gasteiger partial charge in [-0.2, -0.15) is 0 Å². The topological polar surface area (TPSA) is 62.2 Å². The molecule has 1 heterocycles. The van der Waals surface area contributed by atoms with Crippen molar-refractivity contribution in [2.45, 2.75) is 6.92 Å². The largest absolute Gasteiger partial charge is 0.508 e. The highest BCUT2D eigenvalue weighted by atomic mass is 16.3. The van der Waals surface area contributed by atoms with Crippen molar-refractivity contribution in [2.75, 3.05) is 5.32 Å². The molecule has 0 unspecified atom stereocenters. The Kier molecular flexibility index (Phi) is 2.25. The van der Waals surface area contributed by atoms with Gasteiger partial charge in [0.25, 0.3) is 0 Å². The zero-order valence-electron chi connectivity index (χ0n) is 8.19. The molecule has 1 amide bonds. The van der Waals surface area contributed by atoms with Gasteiger partial charge < -0.3 is 10.4 Å². The van der Waals surface area contributed by atoms with Gasteiger partial charge in [0.1, 0.15) is 5.75 Å². The first-order valence-corrected chi connectivity index (χ1v) is 4.52. The monoisotopic (exact) mass is 202 g/mol. The fourth-order valence-corrected chi connectivity index (χ4v) is 1.46. The third kappa shape index (κ3) is 1.88. The molecule has 0 spiro atoms. The van der Waals surface area contributed by atoms with Crippen LogP contribution in [0.3, 0.4) is 0 Å². The lowest BCUT2D eigenvalue weighted by Gasteiger charge is -2.06. The second kappa shape index (κ2) is 3.57. The summed E-state index contributed by atoms with van der Waals surface area (Å²) in [6.07, 6.45) is 1.64. The van der Waals surface area contributed by atoms with Crippen molar-refractivity contribution in [1.82, 2.24) is 4.98 Å². The van der Waals surface area contributed by atoms with Crippen LogP contribution in [0.25, 0.3) is 10.9 Å². The molecule has 1 aromatic carbocycles. The number of fused-ring (bicyclic) bond motifs is 1. The molecule has 76 valence electrons. The highest BCUT2D eigenvalue weighted by Crippen LogP contribution is 2.26. The number of hydrogen-bond donors (Lipinski definition) is 2. The highest BCUT2D eigenvalue weighted by molar-refractivity contribution is 6.00. The van der Waals surface area contributed by atoms with E-state index >= 15 is 0 Å². The predicted molar refractivity (Wildman–Crippen MR) is 57.7 cm³/mol. The van der Waals surface area contributed by atoms with E-state index in [0.29, 0.717) is 11.2 Å². The number of carbonyl (C=O) groups is 1. The molecule has 4 heteroatoms. The number of pyridine rings is 1. The number of aromatic nitrogens is 1. The number of phenols is 1. The first-order valence-electron chi connectivity index (χ1n) is 4.52. The summed E-state index contributed by atoms with van der Waals surface area (Å²) in [7, 11) is 0. The molecule has 2 aromatic rings. The fraction of sp³-hybridized carbons (Fsp3) is 0.0909. The van der Waals surface area contributed by atoms with Crippen LogP contribution in [0.1, 0.15) is 6.92 Å².